The van der Waals surface area contributed by atoms with Crippen molar-refractivity contribution >= 4 is 0 Å². The third-order valence-electron chi connectivity index (χ3n) is 3.56. The van der Waals surface area contributed by atoms with Gasteiger partial charge in [0.05, 0.1) is 0 Å². The van der Waals surface area contributed by atoms with Crippen LogP contribution in [0.1, 0.15) is 19.3 Å². The molecule has 2 aliphatic rings. The third-order valence-corrected chi connectivity index (χ3v) is 3.56. The van der Waals surface area contributed by atoms with Crippen molar-refractivity contribution in [2.24, 2.45) is 0 Å². The van der Waals surface area contributed by atoms with E-state index in [1.807, 2.05) is 0 Å². The third kappa shape index (κ3) is 2.27. The lowest BCUT2D eigenvalue weighted by Gasteiger charge is -2.38. The summed E-state index contributed by atoms with van der Waals surface area (Å²) in [4.78, 5) is 5.03. The lowest BCUT2D eigenvalue weighted by atomic mass is 10.1. The number of hydrogen-bond acceptors (Lipinski definition) is 3. The molecular weight excluding hydrogens is 174 g/mol. The van der Waals surface area contributed by atoms with Crippen molar-refractivity contribution in [3.05, 3.63) is 0 Å². The van der Waals surface area contributed by atoms with Gasteiger partial charge in [-0.3, -0.25) is 4.90 Å². The standard InChI is InChI=1S/C11H23N3/c1-13(2)7-5-11-9-12-8-10-4-3-6-14(10)11/h10-12H,3-9H2,1-2H3/t10-,11?/m0/s1. The van der Waals surface area contributed by atoms with Gasteiger partial charge in [0.25, 0.3) is 0 Å². The molecule has 2 aliphatic heterocycles. The maximum Gasteiger partial charge on any atom is 0.0236 e. The summed E-state index contributed by atoms with van der Waals surface area (Å²) >= 11 is 0. The molecular formula is C11H23N3. The Kier molecular flexibility index (Phi) is 3.42. The molecule has 0 radical (unpaired) electrons. The highest BCUT2D eigenvalue weighted by atomic mass is 15.3. The van der Waals surface area contributed by atoms with Gasteiger partial charge in [-0.15, -0.1) is 0 Å². The average molecular weight is 197 g/mol. The molecule has 0 aromatic rings. The smallest absolute Gasteiger partial charge is 0.0236 e. The van der Waals surface area contributed by atoms with Gasteiger partial charge in [-0.25, -0.2) is 0 Å². The zero-order valence-electron chi connectivity index (χ0n) is 9.50. The highest BCUT2D eigenvalue weighted by Gasteiger charge is 2.33. The molecule has 2 fully saturated rings. The van der Waals surface area contributed by atoms with E-state index >= 15 is 0 Å². The molecule has 2 atom stereocenters. The second-order valence-electron chi connectivity index (χ2n) is 4.94. The fourth-order valence-electron chi connectivity index (χ4n) is 2.77. The summed E-state index contributed by atoms with van der Waals surface area (Å²) < 4.78 is 0. The molecule has 0 aliphatic carbocycles. The summed E-state index contributed by atoms with van der Waals surface area (Å²) in [7, 11) is 4.33. The van der Waals surface area contributed by atoms with Gasteiger partial charge in [-0.1, -0.05) is 0 Å². The van der Waals surface area contributed by atoms with Gasteiger partial charge in [-0.05, 0) is 46.4 Å². The summed E-state index contributed by atoms with van der Waals surface area (Å²) in [6, 6.07) is 1.63. The predicted octanol–water partition coefficient (Wildman–Crippen LogP) is 0.374. The van der Waals surface area contributed by atoms with Gasteiger partial charge in [0.15, 0.2) is 0 Å². The van der Waals surface area contributed by atoms with E-state index in [0.29, 0.717) is 0 Å². The highest BCUT2D eigenvalue weighted by molar-refractivity contribution is 4.91. The topological polar surface area (TPSA) is 18.5 Å². The zero-order valence-corrected chi connectivity index (χ0v) is 9.50. The maximum absolute atomic E-state index is 3.57. The molecule has 0 amide bonds. The van der Waals surface area contributed by atoms with Crippen molar-refractivity contribution in [3.63, 3.8) is 0 Å². The van der Waals surface area contributed by atoms with Crippen LogP contribution in [0.2, 0.25) is 0 Å². The van der Waals surface area contributed by atoms with E-state index in [4.69, 9.17) is 0 Å². The van der Waals surface area contributed by atoms with Crippen LogP contribution in [-0.4, -0.2) is 62.2 Å². The van der Waals surface area contributed by atoms with Crippen LogP contribution in [0.4, 0.5) is 0 Å². The van der Waals surface area contributed by atoms with Crippen LogP contribution in [0, 0.1) is 0 Å². The number of nitrogens with one attached hydrogen (secondary N) is 1. The molecule has 2 saturated heterocycles. The van der Waals surface area contributed by atoms with E-state index in [9.17, 15) is 0 Å². The monoisotopic (exact) mass is 197 g/mol. The quantitative estimate of drug-likeness (QED) is 0.705. The molecule has 0 saturated carbocycles. The Balaban J connectivity index is 1.84. The first-order chi connectivity index (χ1) is 6.77. The van der Waals surface area contributed by atoms with Crippen LogP contribution in [0.5, 0.6) is 0 Å². The Morgan fingerprint density at radius 3 is 3.00 bits per heavy atom. The van der Waals surface area contributed by atoms with Crippen molar-refractivity contribution in [3.8, 4) is 0 Å². The lowest BCUT2D eigenvalue weighted by Crippen LogP contribution is -2.55. The fraction of sp³-hybridized carbons (Fsp3) is 1.00. The average Bonchev–Trinajstić information content (AvgIpc) is 2.62. The van der Waals surface area contributed by atoms with Gasteiger partial charge >= 0.3 is 0 Å². The van der Waals surface area contributed by atoms with Crippen LogP contribution in [0.15, 0.2) is 0 Å². The zero-order chi connectivity index (χ0) is 9.97. The van der Waals surface area contributed by atoms with Crippen molar-refractivity contribution in [1.29, 1.82) is 0 Å². The van der Waals surface area contributed by atoms with Crippen molar-refractivity contribution in [2.45, 2.75) is 31.3 Å². The van der Waals surface area contributed by atoms with Crippen molar-refractivity contribution in [1.82, 2.24) is 15.1 Å². The summed E-state index contributed by atoms with van der Waals surface area (Å²) in [5.41, 5.74) is 0. The molecule has 0 bridgehead atoms. The van der Waals surface area contributed by atoms with E-state index < -0.39 is 0 Å². The van der Waals surface area contributed by atoms with Crippen LogP contribution in [-0.2, 0) is 0 Å². The molecule has 1 N–H and O–H groups in total. The van der Waals surface area contributed by atoms with Crippen LogP contribution >= 0.6 is 0 Å². The molecule has 3 nitrogen and oxygen atoms in total. The van der Waals surface area contributed by atoms with E-state index in [1.165, 1.54) is 45.4 Å². The van der Waals surface area contributed by atoms with Gasteiger partial charge in [-0.2, -0.15) is 0 Å². The minimum absolute atomic E-state index is 0.790. The molecule has 1 unspecified atom stereocenters. The number of piperazine rings is 1. The summed E-state index contributed by atoms with van der Waals surface area (Å²) in [5.74, 6) is 0. The predicted molar refractivity (Wildman–Crippen MR) is 59.6 cm³/mol. The van der Waals surface area contributed by atoms with E-state index in [-0.39, 0.29) is 0 Å². The molecule has 14 heavy (non-hydrogen) atoms. The molecule has 0 aromatic carbocycles. The first-order valence-electron chi connectivity index (χ1n) is 5.88. The normalized spacial score (nSPS) is 33.6. The lowest BCUT2D eigenvalue weighted by molar-refractivity contribution is 0.123. The Bertz CT molecular complexity index is 181. The van der Waals surface area contributed by atoms with Gasteiger partial charge < -0.3 is 10.2 Å². The Morgan fingerprint density at radius 1 is 1.36 bits per heavy atom. The summed E-state index contributed by atoms with van der Waals surface area (Å²) in [6.07, 6.45) is 4.13. The van der Waals surface area contributed by atoms with Crippen LogP contribution < -0.4 is 5.32 Å². The number of hydrogen-bond donors (Lipinski definition) is 1. The van der Waals surface area contributed by atoms with E-state index in [1.54, 1.807) is 0 Å². The second-order valence-corrected chi connectivity index (χ2v) is 4.94. The minimum Gasteiger partial charge on any atom is -0.314 e. The van der Waals surface area contributed by atoms with Crippen LogP contribution in [0.3, 0.4) is 0 Å². The maximum atomic E-state index is 3.57. The Morgan fingerprint density at radius 2 is 2.21 bits per heavy atom. The second kappa shape index (κ2) is 4.60. The molecule has 82 valence electrons. The highest BCUT2D eigenvalue weighted by Crippen LogP contribution is 2.23. The SMILES string of the molecule is CN(C)CCC1CNC[C@@H]2CCCN12. The van der Waals surface area contributed by atoms with Crippen LogP contribution in [0.25, 0.3) is 0 Å². The van der Waals surface area contributed by atoms with Gasteiger partial charge in [0.2, 0.25) is 0 Å². The first-order valence-corrected chi connectivity index (χ1v) is 5.88. The largest absolute Gasteiger partial charge is 0.314 e. The van der Waals surface area contributed by atoms with E-state index in [2.05, 4.69) is 29.2 Å². The summed E-state index contributed by atoms with van der Waals surface area (Å²) in [6.45, 7) is 4.98. The number of fused-ring (bicyclic) bond motifs is 1. The van der Waals surface area contributed by atoms with Gasteiger partial charge in [0.1, 0.15) is 0 Å². The molecule has 0 aromatic heterocycles. The Labute approximate surface area is 87.4 Å². The number of rotatable bonds is 3. The molecule has 2 heterocycles. The first kappa shape index (κ1) is 10.4. The van der Waals surface area contributed by atoms with E-state index in [0.717, 1.165) is 12.1 Å². The molecule has 3 heteroatoms. The van der Waals surface area contributed by atoms with Crippen molar-refractivity contribution in [2.75, 3.05) is 40.3 Å². The summed E-state index contributed by atoms with van der Waals surface area (Å²) in [5, 5.41) is 3.57. The molecule has 2 rings (SSSR count). The Hall–Kier alpha value is -0.120. The number of nitrogens with zero attached hydrogens (tertiary/aromatic N) is 2. The van der Waals surface area contributed by atoms with Crippen molar-refractivity contribution < 1.29 is 0 Å². The fourth-order valence-corrected chi connectivity index (χ4v) is 2.77. The van der Waals surface area contributed by atoms with Gasteiger partial charge in [0, 0.05) is 25.2 Å². The minimum atomic E-state index is 0.790. The molecule has 0 spiro atoms.